The van der Waals surface area contributed by atoms with Gasteiger partial charge in [-0.15, -0.1) is 0 Å². The summed E-state index contributed by atoms with van der Waals surface area (Å²) in [6, 6.07) is 0. The zero-order valence-corrected chi connectivity index (χ0v) is 9.46. The number of hydrogen-bond acceptors (Lipinski definition) is 2. The largest absolute Gasteiger partial charge is 0.329 e. The van der Waals surface area contributed by atoms with E-state index in [2.05, 4.69) is 18.7 Å². The van der Waals surface area contributed by atoms with Crippen molar-refractivity contribution in [2.24, 2.45) is 11.1 Å². The lowest BCUT2D eigenvalue weighted by Gasteiger charge is -2.54. The van der Waals surface area contributed by atoms with Crippen molar-refractivity contribution in [1.82, 2.24) is 0 Å². The Morgan fingerprint density at radius 3 is 2.31 bits per heavy atom. The van der Waals surface area contributed by atoms with Crippen LogP contribution in [0.5, 0.6) is 0 Å². The van der Waals surface area contributed by atoms with Crippen LogP contribution in [0.1, 0.15) is 45.4 Å². The van der Waals surface area contributed by atoms with Crippen LogP contribution in [0.2, 0.25) is 0 Å². The van der Waals surface area contributed by atoms with Gasteiger partial charge in [0.25, 0.3) is 0 Å². The van der Waals surface area contributed by atoms with Crippen LogP contribution in [0.3, 0.4) is 0 Å². The first kappa shape index (κ1) is 9.85. The Bertz CT molecular complexity index is 177. The van der Waals surface area contributed by atoms with E-state index in [0.29, 0.717) is 4.75 Å². The summed E-state index contributed by atoms with van der Waals surface area (Å²) in [6.07, 6.45) is 8.73. The molecule has 0 aromatic carbocycles. The van der Waals surface area contributed by atoms with Crippen LogP contribution in [0.4, 0.5) is 0 Å². The Balaban J connectivity index is 1.92. The standard InChI is InChI=1S/C11H21NS/c1-2-13-11(9-12)7-10(8-11)5-3-4-6-10/h2-9,12H2,1H3. The van der Waals surface area contributed by atoms with E-state index >= 15 is 0 Å². The molecule has 2 heteroatoms. The molecule has 2 N–H and O–H groups in total. The van der Waals surface area contributed by atoms with E-state index in [4.69, 9.17) is 5.73 Å². The van der Waals surface area contributed by atoms with Gasteiger partial charge < -0.3 is 5.73 Å². The third-order valence-corrected chi connectivity index (χ3v) is 5.24. The van der Waals surface area contributed by atoms with Gasteiger partial charge in [-0.3, -0.25) is 0 Å². The molecule has 0 aromatic heterocycles. The van der Waals surface area contributed by atoms with E-state index in [1.165, 1.54) is 44.3 Å². The zero-order chi connectivity index (χ0) is 9.36. The molecule has 76 valence electrons. The number of nitrogens with two attached hydrogens (primary N) is 1. The molecule has 2 aliphatic rings. The van der Waals surface area contributed by atoms with Gasteiger partial charge in [0.1, 0.15) is 0 Å². The van der Waals surface area contributed by atoms with Gasteiger partial charge in [-0.25, -0.2) is 0 Å². The van der Waals surface area contributed by atoms with Crippen LogP contribution in [-0.4, -0.2) is 17.0 Å². The fourth-order valence-corrected chi connectivity index (χ4v) is 4.95. The molecule has 0 bridgehead atoms. The summed E-state index contributed by atoms with van der Waals surface area (Å²) in [5.41, 5.74) is 6.64. The van der Waals surface area contributed by atoms with Gasteiger partial charge in [0.2, 0.25) is 0 Å². The van der Waals surface area contributed by atoms with E-state index in [0.717, 1.165) is 12.0 Å². The molecule has 2 fully saturated rings. The van der Waals surface area contributed by atoms with E-state index < -0.39 is 0 Å². The second kappa shape index (κ2) is 3.47. The monoisotopic (exact) mass is 199 g/mol. The first-order valence-corrected chi connectivity index (χ1v) is 6.57. The van der Waals surface area contributed by atoms with Crippen molar-refractivity contribution in [1.29, 1.82) is 0 Å². The van der Waals surface area contributed by atoms with Crippen molar-refractivity contribution < 1.29 is 0 Å². The average Bonchev–Trinajstić information content (AvgIpc) is 2.52. The van der Waals surface area contributed by atoms with Crippen LogP contribution in [0.25, 0.3) is 0 Å². The first-order chi connectivity index (χ1) is 6.24. The molecule has 0 radical (unpaired) electrons. The van der Waals surface area contributed by atoms with Gasteiger partial charge in [0.05, 0.1) is 0 Å². The Morgan fingerprint density at radius 1 is 1.23 bits per heavy atom. The third-order valence-electron chi connectivity index (χ3n) is 3.88. The van der Waals surface area contributed by atoms with Crippen LogP contribution in [0.15, 0.2) is 0 Å². The summed E-state index contributed by atoms with van der Waals surface area (Å²) in [5.74, 6) is 1.23. The summed E-state index contributed by atoms with van der Waals surface area (Å²) < 4.78 is 0.485. The molecular formula is C11H21NS. The molecule has 0 aliphatic heterocycles. The number of hydrogen-bond donors (Lipinski definition) is 1. The Kier molecular flexibility index (Phi) is 2.63. The highest BCUT2D eigenvalue weighted by Crippen LogP contribution is 2.62. The van der Waals surface area contributed by atoms with Gasteiger partial charge in [-0.05, 0) is 36.9 Å². The predicted molar refractivity (Wildman–Crippen MR) is 60.1 cm³/mol. The Hall–Kier alpha value is 0.310. The van der Waals surface area contributed by atoms with Gasteiger partial charge >= 0.3 is 0 Å². The smallest absolute Gasteiger partial charge is 0.0292 e. The zero-order valence-electron chi connectivity index (χ0n) is 8.64. The molecule has 2 rings (SSSR count). The highest BCUT2D eigenvalue weighted by molar-refractivity contribution is 8.00. The van der Waals surface area contributed by atoms with E-state index in [1.54, 1.807) is 0 Å². The van der Waals surface area contributed by atoms with Crippen molar-refractivity contribution in [3.05, 3.63) is 0 Å². The lowest BCUT2D eigenvalue weighted by Crippen LogP contribution is -2.52. The van der Waals surface area contributed by atoms with Crippen molar-refractivity contribution in [2.75, 3.05) is 12.3 Å². The minimum Gasteiger partial charge on any atom is -0.329 e. The van der Waals surface area contributed by atoms with Gasteiger partial charge in [-0.1, -0.05) is 19.8 Å². The lowest BCUT2D eigenvalue weighted by molar-refractivity contribution is 0.0935. The predicted octanol–water partition coefficient (Wildman–Crippen LogP) is 2.79. The lowest BCUT2D eigenvalue weighted by atomic mass is 9.60. The molecule has 0 saturated heterocycles. The molecule has 0 amide bonds. The fourth-order valence-electron chi connectivity index (χ4n) is 3.41. The van der Waals surface area contributed by atoms with Crippen molar-refractivity contribution >= 4 is 11.8 Å². The summed E-state index contributed by atoms with van der Waals surface area (Å²) >= 11 is 2.10. The molecule has 0 unspecified atom stereocenters. The highest BCUT2D eigenvalue weighted by atomic mass is 32.2. The summed E-state index contributed by atoms with van der Waals surface area (Å²) in [6.45, 7) is 3.15. The minimum absolute atomic E-state index is 0.485. The van der Waals surface area contributed by atoms with Gasteiger partial charge in [0.15, 0.2) is 0 Å². The van der Waals surface area contributed by atoms with Gasteiger partial charge in [0, 0.05) is 11.3 Å². The van der Waals surface area contributed by atoms with Crippen molar-refractivity contribution in [3.8, 4) is 0 Å². The third kappa shape index (κ3) is 1.63. The molecule has 0 heterocycles. The van der Waals surface area contributed by atoms with Crippen molar-refractivity contribution in [3.63, 3.8) is 0 Å². The summed E-state index contributed by atoms with van der Waals surface area (Å²) in [5, 5.41) is 0. The number of thioether (sulfide) groups is 1. The first-order valence-electron chi connectivity index (χ1n) is 5.58. The average molecular weight is 199 g/mol. The molecular weight excluding hydrogens is 178 g/mol. The van der Waals surface area contributed by atoms with Crippen LogP contribution in [-0.2, 0) is 0 Å². The van der Waals surface area contributed by atoms with E-state index in [1.807, 2.05) is 0 Å². The Labute approximate surface area is 85.8 Å². The van der Waals surface area contributed by atoms with Crippen molar-refractivity contribution in [2.45, 2.75) is 50.2 Å². The maximum atomic E-state index is 5.88. The Morgan fingerprint density at radius 2 is 1.85 bits per heavy atom. The number of rotatable bonds is 3. The maximum Gasteiger partial charge on any atom is 0.0292 e. The molecule has 0 atom stereocenters. The molecule has 1 nitrogen and oxygen atoms in total. The fraction of sp³-hybridized carbons (Fsp3) is 1.00. The van der Waals surface area contributed by atoms with Crippen LogP contribution in [0, 0.1) is 5.41 Å². The summed E-state index contributed by atoms with van der Waals surface area (Å²) in [4.78, 5) is 0. The van der Waals surface area contributed by atoms with E-state index in [9.17, 15) is 0 Å². The minimum atomic E-state index is 0.485. The van der Waals surface area contributed by atoms with Gasteiger partial charge in [-0.2, -0.15) is 11.8 Å². The van der Waals surface area contributed by atoms with Crippen LogP contribution >= 0.6 is 11.8 Å². The maximum absolute atomic E-state index is 5.88. The van der Waals surface area contributed by atoms with Crippen LogP contribution < -0.4 is 5.73 Å². The van der Waals surface area contributed by atoms with E-state index in [-0.39, 0.29) is 0 Å². The normalized spacial score (nSPS) is 29.1. The molecule has 13 heavy (non-hydrogen) atoms. The molecule has 0 aromatic rings. The summed E-state index contributed by atoms with van der Waals surface area (Å²) in [7, 11) is 0. The topological polar surface area (TPSA) is 26.0 Å². The molecule has 2 aliphatic carbocycles. The second-order valence-electron chi connectivity index (χ2n) is 4.88. The highest BCUT2D eigenvalue weighted by Gasteiger charge is 2.54. The SMILES string of the molecule is CCSC1(CN)CC2(CCCC2)C1. The molecule has 2 saturated carbocycles. The second-order valence-corrected chi connectivity index (χ2v) is 6.61. The quantitative estimate of drug-likeness (QED) is 0.756. The molecule has 1 spiro atoms.